The highest BCUT2D eigenvalue weighted by Gasteiger charge is 2.11. The van der Waals surface area contributed by atoms with Crippen LogP contribution in [0.2, 0.25) is 0 Å². The van der Waals surface area contributed by atoms with Crippen LogP contribution in [0, 0.1) is 13.8 Å². The van der Waals surface area contributed by atoms with E-state index in [1.807, 2.05) is 0 Å². The number of thiophene rings is 1. The second-order valence-corrected chi connectivity index (χ2v) is 5.50. The van der Waals surface area contributed by atoms with Gasteiger partial charge in [-0.25, -0.2) is 4.98 Å². The minimum absolute atomic E-state index is 0.700. The molecule has 2 nitrogen and oxygen atoms in total. The average molecular weight is 238 g/mol. The fourth-order valence-corrected chi connectivity index (χ4v) is 3.64. The summed E-state index contributed by atoms with van der Waals surface area (Å²) >= 11 is 3.53. The lowest BCUT2D eigenvalue weighted by molar-refractivity contribution is 0.970. The van der Waals surface area contributed by atoms with Crippen LogP contribution < -0.4 is 5.73 Å². The highest BCUT2D eigenvalue weighted by molar-refractivity contribution is 7.21. The van der Waals surface area contributed by atoms with Crippen molar-refractivity contribution in [2.45, 2.75) is 20.3 Å². The maximum atomic E-state index is 5.57. The molecule has 0 atom stereocenters. The molecule has 2 N–H and O–H groups in total. The van der Waals surface area contributed by atoms with Crippen LogP contribution in [0.1, 0.15) is 16.1 Å². The lowest BCUT2D eigenvalue weighted by Gasteiger charge is -1.92. The first-order valence-electron chi connectivity index (χ1n) is 4.93. The summed E-state index contributed by atoms with van der Waals surface area (Å²) in [5.74, 6) is 0. The highest BCUT2D eigenvalue weighted by Crippen LogP contribution is 2.33. The SMILES string of the molecule is Cc1ccsc1-c1nc(C)c(CCN)s1. The molecule has 0 saturated heterocycles. The standard InChI is InChI=1S/C11H14N2S2/c1-7-4-6-14-10(7)11-13-8(2)9(15-11)3-5-12/h4,6H,3,5,12H2,1-2H3. The number of hydrogen-bond acceptors (Lipinski definition) is 4. The molecule has 80 valence electrons. The normalized spacial score (nSPS) is 10.9. The summed E-state index contributed by atoms with van der Waals surface area (Å²) in [5.41, 5.74) is 8.01. The predicted molar refractivity (Wildman–Crippen MR) is 67.7 cm³/mol. The summed E-state index contributed by atoms with van der Waals surface area (Å²) < 4.78 is 0. The lowest BCUT2D eigenvalue weighted by atomic mass is 10.3. The van der Waals surface area contributed by atoms with Crippen molar-refractivity contribution in [1.29, 1.82) is 0 Å². The molecule has 15 heavy (non-hydrogen) atoms. The van der Waals surface area contributed by atoms with Gasteiger partial charge in [-0.15, -0.1) is 22.7 Å². The molecule has 0 amide bonds. The molecule has 4 heteroatoms. The monoisotopic (exact) mass is 238 g/mol. The van der Waals surface area contributed by atoms with Crippen molar-refractivity contribution in [3.8, 4) is 9.88 Å². The van der Waals surface area contributed by atoms with Crippen molar-refractivity contribution < 1.29 is 0 Å². The molecule has 0 fully saturated rings. The van der Waals surface area contributed by atoms with Crippen LogP contribution in [0.15, 0.2) is 11.4 Å². The van der Waals surface area contributed by atoms with E-state index in [1.165, 1.54) is 15.3 Å². The Balaban J connectivity index is 2.38. The summed E-state index contributed by atoms with van der Waals surface area (Å²) in [7, 11) is 0. The largest absolute Gasteiger partial charge is 0.330 e. The van der Waals surface area contributed by atoms with Crippen LogP contribution in [0.5, 0.6) is 0 Å². The zero-order valence-corrected chi connectivity index (χ0v) is 10.5. The van der Waals surface area contributed by atoms with Crippen LogP contribution >= 0.6 is 22.7 Å². The fourth-order valence-electron chi connectivity index (χ4n) is 1.48. The van der Waals surface area contributed by atoms with Gasteiger partial charge in [0, 0.05) is 4.88 Å². The third kappa shape index (κ3) is 2.12. The van der Waals surface area contributed by atoms with Crippen molar-refractivity contribution in [2.75, 3.05) is 6.54 Å². The number of hydrogen-bond donors (Lipinski definition) is 1. The van der Waals surface area contributed by atoms with Gasteiger partial charge in [0.2, 0.25) is 0 Å². The van der Waals surface area contributed by atoms with Crippen molar-refractivity contribution >= 4 is 22.7 Å². The number of aromatic nitrogens is 1. The number of nitrogens with two attached hydrogens (primary N) is 1. The Bertz CT molecular complexity index is 457. The highest BCUT2D eigenvalue weighted by atomic mass is 32.1. The third-order valence-corrected chi connectivity index (χ3v) is 4.71. The van der Waals surface area contributed by atoms with E-state index < -0.39 is 0 Å². The second kappa shape index (κ2) is 4.43. The third-order valence-electron chi connectivity index (χ3n) is 2.32. The molecule has 0 spiro atoms. The molecule has 0 aromatic carbocycles. The molecule has 0 bridgehead atoms. The van der Waals surface area contributed by atoms with E-state index in [0.717, 1.165) is 17.1 Å². The Morgan fingerprint density at radius 3 is 2.80 bits per heavy atom. The number of aryl methyl sites for hydroxylation is 2. The molecule has 0 aliphatic carbocycles. The van der Waals surface area contributed by atoms with Crippen LogP contribution in [0.4, 0.5) is 0 Å². The Morgan fingerprint density at radius 2 is 2.20 bits per heavy atom. The van der Waals surface area contributed by atoms with Crippen LogP contribution in [0.25, 0.3) is 9.88 Å². The number of rotatable bonds is 3. The topological polar surface area (TPSA) is 38.9 Å². The Morgan fingerprint density at radius 1 is 1.40 bits per heavy atom. The van der Waals surface area contributed by atoms with E-state index in [9.17, 15) is 0 Å². The number of nitrogens with zero attached hydrogens (tertiary/aromatic N) is 1. The Hall–Kier alpha value is -0.710. The molecule has 2 aromatic rings. The maximum absolute atomic E-state index is 5.57. The molecular formula is C11H14N2S2. The van der Waals surface area contributed by atoms with Gasteiger partial charge in [-0.05, 0) is 43.8 Å². The molecule has 0 radical (unpaired) electrons. The van der Waals surface area contributed by atoms with E-state index in [-0.39, 0.29) is 0 Å². The zero-order valence-electron chi connectivity index (χ0n) is 8.91. The van der Waals surface area contributed by atoms with Crippen LogP contribution in [-0.2, 0) is 6.42 Å². The maximum Gasteiger partial charge on any atom is 0.134 e. The van der Waals surface area contributed by atoms with Crippen molar-refractivity contribution in [2.24, 2.45) is 5.73 Å². The molecular weight excluding hydrogens is 224 g/mol. The summed E-state index contributed by atoms with van der Waals surface area (Å²) in [5, 5.41) is 3.26. The molecule has 0 saturated carbocycles. The van der Waals surface area contributed by atoms with Gasteiger partial charge in [0.15, 0.2) is 0 Å². The first-order chi connectivity index (χ1) is 7.22. The lowest BCUT2D eigenvalue weighted by Crippen LogP contribution is -2.01. The van der Waals surface area contributed by atoms with E-state index in [2.05, 4.69) is 30.3 Å². The van der Waals surface area contributed by atoms with Crippen molar-refractivity contribution in [3.05, 3.63) is 27.6 Å². The molecule has 2 heterocycles. The number of thiazole rings is 1. The van der Waals surface area contributed by atoms with Gasteiger partial charge >= 0.3 is 0 Å². The Labute approximate surface area is 97.8 Å². The summed E-state index contributed by atoms with van der Waals surface area (Å²) in [6, 6.07) is 2.14. The van der Waals surface area contributed by atoms with Crippen molar-refractivity contribution in [1.82, 2.24) is 4.98 Å². The Kier molecular flexibility index (Phi) is 3.19. The van der Waals surface area contributed by atoms with Gasteiger partial charge in [-0.1, -0.05) is 0 Å². The predicted octanol–water partition coefficient (Wildman–Crippen LogP) is 2.99. The summed E-state index contributed by atoms with van der Waals surface area (Å²) in [6.07, 6.45) is 0.938. The van der Waals surface area contributed by atoms with Gasteiger partial charge < -0.3 is 5.73 Å². The molecule has 0 unspecified atom stereocenters. The van der Waals surface area contributed by atoms with Gasteiger partial charge in [-0.3, -0.25) is 0 Å². The minimum atomic E-state index is 0.700. The quantitative estimate of drug-likeness (QED) is 0.893. The van der Waals surface area contributed by atoms with Gasteiger partial charge in [-0.2, -0.15) is 0 Å². The van der Waals surface area contributed by atoms with E-state index in [1.54, 1.807) is 22.7 Å². The van der Waals surface area contributed by atoms with Crippen LogP contribution in [0.3, 0.4) is 0 Å². The van der Waals surface area contributed by atoms with E-state index >= 15 is 0 Å². The first kappa shape index (κ1) is 10.8. The van der Waals surface area contributed by atoms with E-state index in [4.69, 9.17) is 5.73 Å². The smallest absolute Gasteiger partial charge is 0.134 e. The fraction of sp³-hybridized carbons (Fsp3) is 0.364. The molecule has 0 aliphatic rings. The van der Waals surface area contributed by atoms with Gasteiger partial charge in [0.25, 0.3) is 0 Å². The van der Waals surface area contributed by atoms with Gasteiger partial charge in [0.05, 0.1) is 10.6 Å². The second-order valence-electron chi connectivity index (χ2n) is 3.50. The van der Waals surface area contributed by atoms with Crippen LogP contribution in [-0.4, -0.2) is 11.5 Å². The minimum Gasteiger partial charge on any atom is -0.330 e. The molecule has 0 aliphatic heterocycles. The first-order valence-corrected chi connectivity index (χ1v) is 6.63. The van der Waals surface area contributed by atoms with E-state index in [0.29, 0.717) is 6.54 Å². The molecule has 2 aromatic heterocycles. The average Bonchev–Trinajstić information content (AvgIpc) is 2.75. The van der Waals surface area contributed by atoms with Gasteiger partial charge in [0.1, 0.15) is 5.01 Å². The van der Waals surface area contributed by atoms with Crippen molar-refractivity contribution in [3.63, 3.8) is 0 Å². The summed E-state index contributed by atoms with van der Waals surface area (Å²) in [6.45, 7) is 4.89. The molecule has 2 rings (SSSR count). The summed E-state index contributed by atoms with van der Waals surface area (Å²) in [4.78, 5) is 7.22. The zero-order chi connectivity index (χ0) is 10.8.